The summed E-state index contributed by atoms with van der Waals surface area (Å²) in [5, 5.41) is 6.32. The van der Waals surface area contributed by atoms with Gasteiger partial charge in [-0.05, 0) is 50.3 Å². The SMILES string of the molecule is Cc1ccccc1NC(=O)COc1ccccc1C1C2=C(CCCC2=O)NC2=C1C(=O)CCC2. The van der Waals surface area contributed by atoms with E-state index < -0.39 is 5.92 Å². The average molecular weight is 457 g/mol. The third-order valence-electron chi connectivity index (χ3n) is 6.80. The molecule has 6 heteroatoms. The van der Waals surface area contributed by atoms with Crippen molar-refractivity contribution < 1.29 is 19.1 Å². The Kier molecular flexibility index (Phi) is 6.05. The maximum Gasteiger partial charge on any atom is 0.262 e. The number of hydrogen-bond acceptors (Lipinski definition) is 5. The van der Waals surface area contributed by atoms with E-state index in [2.05, 4.69) is 10.6 Å². The second-order valence-corrected chi connectivity index (χ2v) is 9.09. The molecule has 1 heterocycles. The molecule has 0 saturated carbocycles. The molecule has 0 saturated heterocycles. The third kappa shape index (κ3) is 4.16. The van der Waals surface area contributed by atoms with Crippen LogP contribution in [0.4, 0.5) is 5.69 Å². The number of carbonyl (C=O) groups is 3. The van der Waals surface area contributed by atoms with Crippen LogP contribution in [-0.4, -0.2) is 24.1 Å². The Morgan fingerprint density at radius 2 is 1.53 bits per heavy atom. The highest BCUT2D eigenvalue weighted by molar-refractivity contribution is 6.06. The van der Waals surface area contributed by atoms with Crippen LogP contribution in [0.1, 0.15) is 55.6 Å². The van der Waals surface area contributed by atoms with Crippen LogP contribution in [0, 0.1) is 6.92 Å². The summed E-state index contributed by atoms with van der Waals surface area (Å²) in [6, 6.07) is 15.0. The number of anilines is 1. The largest absolute Gasteiger partial charge is 0.483 e. The van der Waals surface area contributed by atoms with Gasteiger partial charge < -0.3 is 15.4 Å². The van der Waals surface area contributed by atoms with Crippen molar-refractivity contribution in [2.45, 2.75) is 51.4 Å². The minimum Gasteiger partial charge on any atom is -0.483 e. The fourth-order valence-electron chi connectivity index (χ4n) is 5.19. The first kappa shape index (κ1) is 22.1. The summed E-state index contributed by atoms with van der Waals surface area (Å²) >= 11 is 0. The lowest BCUT2D eigenvalue weighted by atomic mass is 9.71. The fraction of sp³-hybridized carbons (Fsp3) is 0.321. The number of carbonyl (C=O) groups excluding carboxylic acids is 3. The first-order chi connectivity index (χ1) is 16.5. The number of ketones is 2. The number of Topliss-reactive ketones (excluding diaryl/α,β-unsaturated/α-hetero) is 2. The highest BCUT2D eigenvalue weighted by atomic mass is 16.5. The van der Waals surface area contributed by atoms with Crippen molar-refractivity contribution in [2.75, 3.05) is 11.9 Å². The van der Waals surface area contributed by atoms with Crippen LogP contribution >= 0.6 is 0 Å². The van der Waals surface area contributed by atoms with Gasteiger partial charge in [0.15, 0.2) is 18.2 Å². The molecule has 2 aromatic rings. The Balaban J connectivity index is 1.46. The monoisotopic (exact) mass is 456 g/mol. The molecule has 0 unspecified atom stereocenters. The van der Waals surface area contributed by atoms with E-state index in [1.807, 2.05) is 49.4 Å². The average Bonchev–Trinajstić information content (AvgIpc) is 2.83. The maximum atomic E-state index is 13.1. The molecule has 0 spiro atoms. The van der Waals surface area contributed by atoms with Crippen molar-refractivity contribution in [1.29, 1.82) is 0 Å². The summed E-state index contributed by atoms with van der Waals surface area (Å²) in [6.45, 7) is 1.76. The predicted molar refractivity (Wildman–Crippen MR) is 129 cm³/mol. The zero-order valence-corrected chi connectivity index (χ0v) is 19.3. The van der Waals surface area contributed by atoms with Crippen LogP contribution in [0.5, 0.6) is 5.75 Å². The predicted octanol–water partition coefficient (Wildman–Crippen LogP) is 4.71. The molecule has 6 nitrogen and oxygen atoms in total. The first-order valence-electron chi connectivity index (χ1n) is 11.9. The molecule has 1 amide bonds. The van der Waals surface area contributed by atoms with Gasteiger partial charge in [-0.2, -0.15) is 0 Å². The van der Waals surface area contributed by atoms with Crippen LogP contribution in [-0.2, 0) is 14.4 Å². The number of dihydropyridines is 1. The zero-order chi connectivity index (χ0) is 23.7. The number of amides is 1. The number of benzene rings is 2. The van der Waals surface area contributed by atoms with Crippen LogP contribution in [0.3, 0.4) is 0 Å². The summed E-state index contributed by atoms with van der Waals surface area (Å²) in [5.41, 5.74) is 5.70. The van der Waals surface area contributed by atoms with Crippen molar-refractivity contribution >= 4 is 23.2 Å². The van der Waals surface area contributed by atoms with Gasteiger partial charge in [0.25, 0.3) is 5.91 Å². The van der Waals surface area contributed by atoms with Crippen molar-refractivity contribution in [3.63, 3.8) is 0 Å². The number of hydrogen-bond donors (Lipinski definition) is 2. The molecule has 2 aliphatic carbocycles. The van der Waals surface area contributed by atoms with Gasteiger partial charge in [0.05, 0.1) is 0 Å². The number of aryl methyl sites for hydroxylation is 1. The molecule has 0 aromatic heterocycles. The van der Waals surface area contributed by atoms with Gasteiger partial charge in [0.2, 0.25) is 0 Å². The van der Waals surface area contributed by atoms with Gasteiger partial charge in [-0.25, -0.2) is 0 Å². The van der Waals surface area contributed by atoms with E-state index in [0.29, 0.717) is 29.7 Å². The van der Waals surface area contributed by atoms with Crippen molar-refractivity contribution in [2.24, 2.45) is 0 Å². The van der Waals surface area contributed by atoms with E-state index in [0.717, 1.165) is 53.9 Å². The lowest BCUT2D eigenvalue weighted by Crippen LogP contribution is -2.36. The van der Waals surface area contributed by atoms with Crippen molar-refractivity contribution in [3.05, 3.63) is 82.2 Å². The zero-order valence-electron chi connectivity index (χ0n) is 19.3. The number of para-hydroxylation sites is 2. The van der Waals surface area contributed by atoms with Gasteiger partial charge in [0.1, 0.15) is 5.75 Å². The first-order valence-corrected chi connectivity index (χ1v) is 11.9. The van der Waals surface area contributed by atoms with Gasteiger partial charge >= 0.3 is 0 Å². The number of ether oxygens (including phenoxy) is 1. The maximum absolute atomic E-state index is 13.1. The molecule has 2 aromatic carbocycles. The van der Waals surface area contributed by atoms with Crippen molar-refractivity contribution in [1.82, 2.24) is 5.32 Å². The fourth-order valence-corrected chi connectivity index (χ4v) is 5.19. The quantitative estimate of drug-likeness (QED) is 0.681. The second-order valence-electron chi connectivity index (χ2n) is 9.09. The topological polar surface area (TPSA) is 84.5 Å². The molecule has 1 aliphatic heterocycles. The molecular formula is C28H28N2O4. The summed E-state index contributed by atoms with van der Waals surface area (Å²) in [4.78, 5) is 38.8. The molecule has 0 bridgehead atoms. The van der Waals surface area contributed by atoms with Crippen LogP contribution < -0.4 is 15.4 Å². The van der Waals surface area contributed by atoms with Crippen LogP contribution in [0.2, 0.25) is 0 Å². The number of rotatable bonds is 5. The Morgan fingerprint density at radius 3 is 2.21 bits per heavy atom. The molecule has 0 atom stereocenters. The molecule has 0 fully saturated rings. The normalized spacial score (nSPS) is 18.3. The van der Waals surface area contributed by atoms with E-state index in [9.17, 15) is 14.4 Å². The molecule has 0 radical (unpaired) electrons. The summed E-state index contributed by atoms with van der Waals surface area (Å²) < 4.78 is 5.99. The van der Waals surface area contributed by atoms with Gasteiger partial charge in [-0.3, -0.25) is 14.4 Å². The van der Waals surface area contributed by atoms with Gasteiger partial charge in [-0.1, -0.05) is 36.4 Å². The molecule has 174 valence electrons. The van der Waals surface area contributed by atoms with Gasteiger partial charge in [0, 0.05) is 52.6 Å². The van der Waals surface area contributed by atoms with E-state index in [-0.39, 0.29) is 24.1 Å². The lowest BCUT2D eigenvalue weighted by Gasteiger charge is -2.37. The van der Waals surface area contributed by atoms with E-state index in [1.165, 1.54) is 0 Å². The standard InChI is InChI=1S/C28H28N2O4/c1-17-8-2-4-10-19(17)30-25(33)16-34-24-15-5-3-9-18(24)26-27-20(11-6-13-22(27)31)29-21-12-7-14-23(32)28(21)26/h2-5,8-10,15,26,29H,6-7,11-14,16H2,1H3,(H,30,33). The summed E-state index contributed by atoms with van der Waals surface area (Å²) in [5.74, 6) is -0.0458. The lowest BCUT2D eigenvalue weighted by molar-refractivity contribution is -0.119. The Hall–Kier alpha value is -3.67. The van der Waals surface area contributed by atoms with Crippen molar-refractivity contribution in [3.8, 4) is 5.75 Å². The smallest absolute Gasteiger partial charge is 0.262 e. The number of allylic oxidation sites excluding steroid dienone is 4. The Morgan fingerprint density at radius 1 is 0.912 bits per heavy atom. The van der Waals surface area contributed by atoms with Crippen LogP contribution in [0.15, 0.2) is 71.1 Å². The van der Waals surface area contributed by atoms with E-state index in [4.69, 9.17) is 4.74 Å². The molecule has 5 rings (SSSR count). The summed E-state index contributed by atoms with van der Waals surface area (Å²) in [7, 11) is 0. The molecule has 2 N–H and O–H groups in total. The second kappa shape index (κ2) is 9.29. The minimum atomic E-state index is -0.456. The Labute approximate surface area is 199 Å². The van der Waals surface area contributed by atoms with Gasteiger partial charge in [-0.15, -0.1) is 0 Å². The van der Waals surface area contributed by atoms with E-state index >= 15 is 0 Å². The minimum absolute atomic E-state index is 0.0794. The number of nitrogens with one attached hydrogen (secondary N) is 2. The molecule has 34 heavy (non-hydrogen) atoms. The van der Waals surface area contributed by atoms with E-state index in [1.54, 1.807) is 6.07 Å². The van der Waals surface area contributed by atoms with Crippen LogP contribution in [0.25, 0.3) is 0 Å². The molecule has 3 aliphatic rings. The molecular weight excluding hydrogens is 428 g/mol. The summed E-state index contributed by atoms with van der Waals surface area (Å²) in [6.07, 6.45) is 4.18. The third-order valence-corrected chi connectivity index (χ3v) is 6.80. The highest BCUT2D eigenvalue weighted by Crippen LogP contribution is 2.47. The highest BCUT2D eigenvalue weighted by Gasteiger charge is 2.41. The Bertz CT molecular complexity index is 1200.